The van der Waals surface area contributed by atoms with Gasteiger partial charge in [-0.15, -0.1) is 0 Å². The summed E-state index contributed by atoms with van der Waals surface area (Å²) in [6.45, 7) is 0. The predicted molar refractivity (Wildman–Crippen MR) is 88.4 cm³/mol. The van der Waals surface area contributed by atoms with E-state index in [0.717, 1.165) is 13.6 Å². The second-order valence-corrected chi connectivity index (χ2v) is 5.92. The molecule has 0 bridgehead atoms. The van der Waals surface area contributed by atoms with Crippen LogP contribution in [0, 0.1) is 3.57 Å². The zero-order chi connectivity index (χ0) is 13.7. The minimum atomic E-state index is -0.228. The number of nitrogens with zero attached hydrogens (tertiary/aromatic N) is 1. The van der Waals surface area contributed by atoms with Crippen molar-refractivity contribution in [2.45, 2.75) is 0 Å². The molecule has 0 saturated heterocycles. The lowest BCUT2D eigenvalue weighted by Gasteiger charge is -1.99. The Hall–Kier alpha value is -1.21. The molecule has 1 amide bonds. The number of nitrogens with one attached hydrogen (secondary N) is 1. The third-order valence-electron chi connectivity index (χ3n) is 2.36. The highest BCUT2D eigenvalue weighted by molar-refractivity contribution is 14.1. The van der Waals surface area contributed by atoms with Crippen LogP contribution < -0.4 is 5.43 Å². The van der Waals surface area contributed by atoms with E-state index in [1.165, 1.54) is 0 Å². The van der Waals surface area contributed by atoms with Crippen molar-refractivity contribution >= 4 is 50.6 Å². The van der Waals surface area contributed by atoms with Gasteiger partial charge in [0.25, 0.3) is 5.91 Å². The lowest BCUT2D eigenvalue weighted by Crippen LogP contribution is -2.17. The lowest BCUT2D eigenvalue weighted by molar-refractivity contribution is 0.0955. The zero-order valence-corrected chi connectivity index (χ0v) is 13.6. The normalized spacial score (nSPS) is 10.6. The molecule has 0 aliphatic heterocycles. The van der Waals surface area contributed by atoms with Crippen molar-refractivity contribution in [1.29, 1.82) is 0 Å². The molecule has 1 N–H and O–H groups in total. The Labute approximate surface area is 133 Å². The van der Waals surface area contributed by atoms with Gasteiger partial charge in [-0.25, -0.2) is 5.43 Å². The fourth-order valence-corrected chi connectivity index (χ4v) is 2.00. The van der Waals surface area contributed by atoms with Crippen LogP contribution in [0.2, 0.25) is 0 Å². The molecule has 0 aliphatic carbocycles. The maximum atomic E-state index is 11.8. The molecule has 2 aromatic rings. The van der Waals surface area contributed by atoms with Crippen LogP contribution in [0.4, 0.5) is 0 Å². The summed E-state index contributed by atoms with van der Waals surface area (Å²) in [7, 11) is 0. The van der Waals surface area contributed by atoms with Gasteiger partial charge in [0.05, 0.1) is 6.21 Å². The molecule has 96 valence electrons. The minimum Gasteiger partial charge on any atom is -0.267 e. The molecule has 19 heavy (non-hydrogen) atoms. The number of amides is 1. The van der Waals surface area contributed by atoms with E-state index in [2.05, 4.69) is 49.0 Å². The van der Waals surface area contributed by atoms with Gasteiger partial charge in [0.15, 0.2) is 0 Å². The summed E-state index contributed by atoms with van der Waals surface area (Å²) >= 11 is 5.56. The standard InChI is InChI=1S/C14H10BrIN2O/c15-12-5-3-11(4-6-12)14(19)18-17-9-10-1-7-13(16)8-2-10/h1-9H,(H,18,19)/b17-9-. The largest absolute Gasteiger partial charge is 0.271 e. The summed E-state index contributed by atoms with van der Waals surface area (Å²) < 4.78 is 2.10. The van der Waals surface area contributed by atoms with Gasteiger partial charge in [0, 0.05) is 13.6 Å². The van der Waals surface area contributed by atoms with Crippen molar-refractivity contribution in [2.75, 3.05) is 0 Å². The summed E-state index contributed by atoms with van der Waals surface area (Å²) in [6.07, 6.45) is 1.62. The molecule has 3 nitrogen and oxygen atoms in total. The number of carbonyl (C=O) groups excluding carboxylic acids is 1. The maximum Gasteiger partial charge on any atom is 0.271 e. The first-order valence-electron chi connectivity index (χ1n) is 5.50. The van der Waals surface area contributed by atoms with Crippen LogP contribution in [0.5, 0.6) is 0 Å². The molecular weight excluding hydrogens is 419 g/mol. The van der Waals surface area contributed by atoms with E-state index in [1.54, 1.807) is 18.3 Å². The van der Waals surface area contributed by atoms with Gasteiger partial charge in [0.2, 0.25) is 0 Å². The molecule has 0 spiro atoms. The Bertz CT molecular complexity index is 594. The SMILES string of the molecule is O=C(N/N=C\c1ccc(I)cc1)c1ccc(Br)cc1. The quantitative estimate of drug-likeness (QED) is 0.450. The van der Waals surface area contributed by atoms with E-state index in [0.29, 0.717) is 5.56 Å². The highest BCUT2D eigenvalue weighted by Crippen LogP contribution is 2.10. The second kappa shape index (κ2) is 6.81. The van der Waals surface area contributed by atoms with Gasteiger partial charge in [-0.3, -0.25) is 4.79 Å². The van der Waals surface area contributed by atoms with Crippen molar-refractivity contribution in [3.05, 3.63) is 67.7 Å². The number of hydrogen-bond acceptors (Lipinski definition) is 2. The minimum absolute atomic E-state index is 0.228. The van der Waals surface area contributed by atoms with Gasteiger partial charge in [-0.1, -0.05) is 28.1 Å². The van der Waals surface area contributed by atoms with Crippen molar-refractivity contribution in [3.8, 4) is 0 Å². The van der Waals surface area contributed by atoms with Crippen LogP contribution in [0.25, 0.3) is 0 Å². The zero-order valence-electron chi connectivity index (χ0n) is 9.81. The molecule has 0 heterocycles. The van der Waals surface area contributed by atoms with Gasteiger partial charge >= 0.3 is 0 Å². The average molecular weight is 429 g/mol. The monoisotopic (exact) mass is 428 g/mol. The first-order valence-corrected chi connectivity index (χ1v) is 7.37. The van der Waals surface area contributed by atoms with Crippen molar-refractivity contribution in [1.82, 2.24) is 5.43 Å². The molecule has 0 saturated carbocycles. The number of hydrogen-bond donors (Lipinski definition) is 1. The van der Waals surface area contributed by atoms with Crippen LogP contribution >= 0.6 is 38.5 Å². The summed E-state index contributed by atoms with van der Waals surface area (Å²) in [5, 5.41) is 3.93. The summed E-state index contributed by atoms with van der Waals surface area (Å²) in [4.78, 5) is 11.8. The second-order valence-electron chi connectivity index (χ2n) is 3.76. The highest BCUT2D eigenvalue weighted by Gasteiger charge is 2.02. The molecule has 0 aliphatic rings. The highest BCUT2D eigenvalue weighted by atomic mass is 127. The number of rotatable bonds is 3. The van der Waals surface area contributed by atoms with Crippen LogP contribution in [0.3, 0.4) is 0 Å². The molecule has 2 rings (SSSR count). The number of benzene rings is 2. The Morgan fingerprint density at radius 1 is 1.11 bits per heavy atom. The number of halogens is 2. The van der Waals surface area contributed by atoms with Crippen molar-refractivity contribution in [2.24, 2.45) is 5.10 Å². The van der Waals surface area contributed by atoms with Crippen LogP contribution in [-0.2, 0) is 0 Å². The van der Waals surface area contributed by atoms with Gasteiger partial charge in [0.1, 0.15) is 0 Å². The van der Waals surface area contributed by atoms with E-state index in [-0.39, 0.29) is 5.91 Å². The van der Waals surface area contributed by atoms with E-state index in [4.69, 9.17) is 0 Å². The Morgan fingerprint density at radius 2 is 1.74 bits per heavy atom. The molecule has 0 radical (unpaired) electrons. The molecule has 2 aromatic carbocycles. The van der Waals surface area contributed by atoms with Crippen LogP contribution in [0.1, 0.15) is 15.9 Å². The number of carbonyl (C=O) groups is 1. The molecular formula is C14H10BrIN2O. The lowest BCUT2D eigenvalue weighted by atomic mass is 10.2. The van der Waals surface area contributed by atoms with E-state index >= 15 is 0 Å². The summed E-state index contributed by atoms with van der Waals surface area (Å²) in [6, 6.07) is 15.0. The number of hydrazone groups is 1. The molecule has 0 aromatic heterocycles. The third kappa shape index (κ3) is 4.43. The Kier molecular flexibility index (Phi) is 5.09. The van der Waals surface area contributed by atoms with E-state index in [1.807, 2.05) is 36.4 Å². The summed E-state index contributed by atoms with van der Waals surface area (Å²) in [5.74, 6) is -0.228. The smallest absolute Gasteiger partial charge is 0.267 e. The molecule has 5 heteroatoms. The Morgan fingerprint density at radius 3 is 2.37 bits per heavy atom. The summed E-state index contributed by atoms with van der Waals surface area (Å²) in [5.41, 5.74) is 4.01. The van der Waals surface area contributed by atoms with Gasteiger partial charge in [-0.2, -0.15) is 5.10 Å². The van der Waals surface area contributed by atoms with Gasteiger partial charge < -0.3 is 0 Å². The van der Waals surface area contributed by atoms with E-state index in [9.17, 15) is 4.79 Å². The predicted octanol–water partition coefficient (Wildman–Crippen LogP) is 3.82. The average Bonchev–Trinajstić information content (AvgIpc) is 2.41. The first kappa shape index (κ1) is 14.2. The van der Waals surface area contributed by atoms with Crippen molar-refractivity contribution < 1.29 is 4.79 Å². The van der Waals surface area contributed by atoms with E-state index < -0.39 is 0 Å². The fraction of sp³-hybridized carbons (Fsp3) is 0. The third-order valence-corrected chi connectivity index (χ3v) is 3.60. The Balaban J connectivity index is 1.96. The van der Waals surface area contributed by atoms with Crippen LogP contribution in [0.15, 0.2) is 58.1 Å². The topological polar surface area (TPSA) is 41.5 Å². The van der Waals surface area contributed by atoms with Gasteiger partial charge in [-0.05, 0) is 64.6 Å². The maximum absolute atomic E-state index is 11.8. The van der Waals surface area contributed by atoms with Crippen molar-refractivity contribution in [3.63, 3.8) is 0 Å². The molecule has 0 unspecified atom stereocenters. The molecule has 0 fully saturated rings. The first-order chi connectivity index (χ1) is 9.15. The fourth-order valence-electron chi connectivity index (χ4n) is 1.38. The molecule has 0 atom stereocenters. The van der Waals surface area contributed by atoms with Crippen LogP contribution in [-0.4, -0.2) is 12.1 Å².